The van der Waals surface area contributed by atoms with Gasteiger partial charge >= 0.3 is 0 Å². The van der Waals surface area contributed by atoms with Crippen molar-refractivity contribution in [1.82, 2.24) is 4.90 Å². The smallest absolute Gasteiger partial charge is 0.229 e. The quantitative estimate of drug-likeness (QED) is 0.600. The van der Waals surface area contributed by atoms with E-state index in [1.54, 1.807) is 12.1 Å². The Morgan fingerprint density at radius 2 is 1.72 bits per heavy atom. The van der Waals surface area contributed by atoms with Gasteiger partial charge in [-0.2, -0.15) is 0 Å². The molecule has 3 fully saturated rings. The summed E-state index contributed by atoms with van der Waals surface area (Å²) in [5.41, 5.74) is 5.47. The lowest BCUT2D eigenvalue weighted by Gasteiger charge is -2.62. The van der Waals surface area contributed by atoms with Gasteiger partial charge in [0.1, 0.15) is 5.75 Å². The predicted molar refractivity (Wildman–Crippen MR) is 127 cm³/mol. The lowest BCUT2D eigenvalue weighted by molar-refractivity contribution is -0.0410. The third-order valence-corrected chi connectivity index (χ3v) is 9.40. The molecular formula is C25H31N3O3S. The van der Waals surface area contributed by atoms with Crippen molar-refractivity contribution < 1.29 is 13.5 Å². The molecule has 4 unspecified atom stereocenters. The number of hydrogen-bond donors (Lipinski definition) is 3. The highest BCUT2D eigenvalue weighted by molar-refractivity contribution is 7.92. The van der Waals surface area contributed by atoms with Crippen LogP contribution in [-0.2, 0) is 21.9 Å². The number of hydrogen-bond acceptors (Lipinski definition) is 5. The van der Waals surface area contributed by atoms with Crippen molar-refractivity contribution in [3.8, 4) is 5.75 Å². The molecule has 3 N–H and O–H groups in total. The van der Waals surface area contributed by atoms with Gasteiger partial charge in [0.05, 0.1) is 11.9 Å². The molecule has 2 heterocycles. The number of nitrogens with zero attached hydrogens (tertiary/aromatic N) is 1. The normalized spacial score (nSPS) is 32.7. The first-order chi connectivity index (χ1) is 15.3. The van der Waals surface area contributed by atoms with E-state index in [1.807, 2.05) is 12.1 Å². The standard InChI is InChI=1S/C25H31N3O3S/c1-32(30,31)27-19-6-4-18(5-7-19)26-21-14-17-15-23-25-9-3-2-8-24(25,20(17)16-22(21)29)10-12-28(23)13-11-25/h4-7,14,16,23,26-27,29H,2-3,8-13,15H2,1H3. The van der Waals surface area contributed by atoms with Crippen molar-refractivity contribution >= 4 is 27.1 Å². The number of aromatic hydroxyl groups is 1. The number of piperidine rings is 1. The first-order valence-corrected chi connectivity index (χ1v) is 13.6. The molecule has 6 rings (SSSR count). The van der Waals surface area contributed by atoms with Crippen LogP contribution in [0.1, 0.15) is 49.7 Å². The molecule has 7 heteroatoms. The van der Waals surface area contributed by atoms with Crippen LogP contribution in [0, 0.1) is 5.41 Å². The summed E-state index contributed by atoms with van der Waals surface area (Å²) in [7, 11) is -3.30. The summed E-state index contributed by atoms with van der Waals surface area (Å²) in [4.78, 5) is 2.74. The Hall–Kier alpha value is -2.25. The van der Waals surface area contributed by atoms with Gasteiger partial charge in [-0.15, -0.1) is 0 Å². The van der Waals surface area contributed by atoms with E-state index in [2.05, 4.69) is 27.1 Å². The fraction of sp³-hybridized carbons (Fsp3) is 0.520. The van der Waals surface area contributed by atoms with Crippen LogP contribution < -0.4 is 10.0 Å². The van der Waals surface area contributed by atoms with Gasteiger partial charge in [0, 0.05) is 22.8 Å². The summed E-state index contributed by atoms with van der Waals surface area (Å²) in [5, 5.41) is 14.4. The molecule has 2 saturated heterocycles. The molecule has 170 valence electrons. The topological polar surface area (TPSA) is 81.7 Å². The fourth-order valence-corrected chi connectivity index (χ4v) is 8.17. The van der Waals surface area contributed by atoms with Gasteiger partial charge in [-0.25, -0.2) is 8.42 Å². The second-order valence-corrected chi connectivity index (χ2v) is 12.1. The summed E-state index contributed by atoms with van der Waals surface area (Å²) in [6.45, 7) is 2.42. The number of benzene rings is 2. The van der Waals surface area contributed by atoms with E-state index >= 15 is 0 Å². The predicted octanol–water partition coefficient (Wildman–Crippen LogP) is 4.34. The summed E-state index contributed by atoms with van der Waals surface area (Å²) >= 11 is 0. The molecule has 2 aromatic carbocycles. The summed E-state index contributed by atoms with van der Waals surface area (Å²) in [6.07, 6.45) is 9.97. The van der Waals surface area contributed by atoms with Crippen molar-refractivity contribution in [3.63, 3.8) is 0 Å². The number of phenols is 1. The van der Waals surface area contributed by atoms with Gasteiger partial charge in [0.25, 0.3) is 0 Å². The zero-order valence-corrected chi connectivity index (χ0v) is 19.3. The molecular weight excluding hydrogens is 422 g/mol. The molecule has 4 bridgehead atoms. The molecule has 32 heavy (non-hydrogen) atoms. The number of phenolic OH excluding ortho intramolecular Hbond substituents is 1. The summed E-state index contributed by atoms with van der Waals surface area (Å²) in [5.74, 6) is 0.302. The van der Waals surface area contributed by atoms with Crippen LogP contribution in [0.5, 0.6) is 5.75 Å². The van der Waals surface area contributed by atoms with Crippen molar-refractivity contribution in [2.45, 2.75) is 56.4 Å². The Morgan fingerprint density at radius 3 is 2.50 bits per heavy atom. The number of fused-ring (bicyclic) bond motifs is 1. The zero-order valence-electron chi connectivity index (χ0n) is 18.5. The third-order valence-electron chi connectivity index (χ3n) is 8.80. The lowest BCUT2D eigenvalue weighted by Crippen LogP contribution is -2.63. The van der Waals surface area contributed by atoms with Crippen LogP contribution in [0.3, 0.4) is 0 Å². The Kier molecular flexibility index (Phi) is 4.37. The highest BCUT2D eigenvalue weighted by Gasteiger charge is 2.65. The lowest BCUT2D eigenvalue weighted by atomic mass is 9.44. The molecule has 1 saturated carbocycles. The van der Waals surface area contributed by atoms with Crippen molar-refractivity contribution in [2.24, 2.45) is 5.41 Å². The molecule has 2 aliphatic heterocycles. The zero-order chi connectivity index (χ0) is 22.1. The average Bonchev–Trinajstić information content (AvgIpc) is 2.98. The minimum atomic E-state index is -3.30. The van der Waals surface area contributed by atoms with E-state index in [0.717, 1.165) is 24.1 Å². The highest BCUT2D eigenvalue weighted by Crippen LogP contribution is 2.67. The number of rotatable bonds is 4. The Bertz CT molecular complexity index is 1180. The van der Waals surface area contributed by atoms with E-state index in [0.29, 0.717) is 22.9 Å². The van der Waals surface area contributed by atoms with Crippen molar-refractivity contribution in [2.75, 3.05) is 29.4 Å². The SMILES string of the molecule is CS(=O)(=O)Nc1ccc(Nc2cc3c(cc2O)C24CCCCC25CCN(CC4)C5C3)cc1. The Morgan fingerprint density at radius 1 is 1.00 bits per heavy atom. The van der Waals surface area contributed by atoms with Crippen molar-refractivity contribution in [1.29, 1.82) is 0 Å². The molecule has 1 spiro atoms. The van der Waals surface area contributed by atoms with E-state index in [4.69, 9.17) is 0 Å². The minimum absolute atomic E-state index is 0.228. The largest absolute Gasteiger partial charge is 0.506 e. The van der Waals surface area contributed by atoms with E-state index in [-0.39, 0.29) is 5.41 Å². The minimum Gasteiger partial charge on any atom is -0.506 e. The Labute approximate surface area is 190 Å². The second kappa shape index (κ2) is 6.87. The molecule has 4 atom stereocenters. The van der Waals surface area contributed by atoms with Crippen LogP contribution in [0.15, 0.2) is 36.4 Å². The molecule has 2 aromatic rings. The molecule has 2 aliphatic carbocycles. The van der Waals surface area contributed by atoms with Gasteiger partial charge in [0.2, 0.25) is 10.0 Å². The van der Waals surface area contributed by atoms with Gasteiger partial charge < -0.3 is 10.4 Å². The van der Waals surface area contributed by atoms with Gasteiger partial charge in [0.15, 0.2) is 0 Å². The second-order valence-electron chi connectivity index (χ2n) is 10.3. The molecule has 4 aliphatic rings. The van der Waals surface area contributed by atoms with Gasteiger partial charge in [-0.3, -0.25) is 9.62 Å². The maximum atomic E-state index is 11.4. The molecule has 0 aromatic heterocycles. The highest BCUT2D eigenvalue weighted by atomic mass is 32.2. The average molecular weight is 454 g/mol. The molecule has 0 amide bonds. The maximum Gasteiger partial charge on any atom is 0.229 e. The first kappa shape index (κ1) is 20.4. The van der Waals surface area contributed by atoms with Crippen molar-refractivity contribution in [3.05, 3.63) is 47.5 Å². The van der Waals surface area contributed by atoms with E-state index in [9.17, 15) is 13.5 Å². The van der Waals surface area contributed by atoms with Crippen LogP contribution >= 0.6 is 0 Å². The summed E-state index contributed by atoms with van der Waals surface area (Å²) in [6, 6.07) is 12.0. The van der Waals surface area contributed by atoms with Gasteiger partial charge in [-0.1, -0.05) is 12.8 Å². The molecule has 6 nitrogen and oxygen atoms in total. The van der Waals surface area contributed by atoms with Crippen LogP contribution in [0.25, 0.3) is 0 Å². The number of sulfonamides is 1. The third kappa shape index (κ3) is 2.90. The Balaban J connectivity index is 1.34. The first-order valence-electron chi connectivity index (χ1n) is 11.8. The fourth-order valence-electron chi connectivity index (χ4n) is 7.61. The van der Waals surface area contributed by atoms with E-state index in [1.165, 1.54) is 62.7 Å². The maximum absolute atomic E-state index is 11.4. The number of nitrogens with one attached hydrogen (secondary N) is 2. The van der Waals surface area contributed by atoms with Crippen LogP contribution in [0.2, 0.25) is 0 Å². The molecule has 0 radical (unpaired) electrons. The number of anilines is 3. The monoisotopic (exact) mass is 453 g/mol. The van der Waals surface area contributed by atoms with Crippen LogP contribution in [0.4, 0.5) is 17.1 Å². The van der Waals surface area contributed by atoms with Crippen LogP contribution in [-0.4, -0.2) is 43.8 Å². The van der Waals surface area contributed by atoms with E-state index < -0.39 is 10.0 Å². The van der Waals surface area contributed by atoms with Gasteiger partial charge in [-0.05, 0) is 98.1 Å². The summed E-state index contributed by atoms with van der Waals surface area (Å²) < 4.78 is 25.3.